The lowest BCUT2D eigenvalue weighted by molar-refractivity contribution is -0.159. The molecular weight excluding hydrogens is 346 g/mol. The summed E-state index contributed by atoms with van der Waals surface area (Å²) in [6.07, 6.45) is 13.0. The summed E-state index contributed by atoms with van der Waals surface area (Å²) in [4.78, 5) is 22.3. The Balaban J connectivity index is 0.000000307. The van der Waals surface area contributed by atoms with Crippen molar-refractivity contribution in [3.8, 4) is 5.69 Å². The van der Waals surface area contributed by atoms with Crippen LogP contribution in [0.1, 0.15) is 31.4 Å². The minimum Gasteiger partial charge on any atom is -0.473 e. The van der Waals surface area contributed by atoms with Crippen molar-refractivity contribution < 1.29 is 19.8 Å². The fourth-order valence-electron chi connectivity index (χ4n) is 3.67. The number of allylic oxidation sites excluding steroid dienone is 1. The third-order valence-electron chi connectivity index (χ3n) is 5.21. The van der Waals surface area contributed by atoms with Gasteiger partial charge >= 0.3 is 11.9 Å². The number of benzene rings is 1. The number of aliphatic carboxylic acids is 2. The lowest BCUT2D eigenvalue weighted by Crippen LogP contribution is -2.48. The second kappa shape index (κ2) is 8.18. The van der Waals surface area contributed by atoms with Gasteiger partial charge in [-0.25, -0.2) is 14.6 Å². The summed E-state index contributed by atoms with van der Waals surface area (Å²) in [6.45, 7) is 2.26. The Kier molecular flexibility index (Phi) is 5.71. The average molecular weight is 369 g/mol. The third-order valence-corrected chi connectivity index (χ3v) is 5.21. The topological polar surface area (TPSA) is 104 Å². The summed E-state index contributed by atoms with van der Waals surface area (Å²) in [5, 5.41) is 18.6. The predicted octanol–water partition coefficient (Wildman–Crippen LogP) is 2.64. The molecule has 27 heavy (non-hydrogen) atoms. The van der Waals surface area contributed by atoms with E-state index < -0.39 is 11.9 Å². The third kappa shape index (κ3) is 4.43. The van der Waals surface area contributed by atoms with Crippen LogP contribution in [0.15, 0.2) is 55.1 Å². The molecule has 7 heteroatoms. The number of hydrogen-bond acceptors (Lipinski definition) is 4. The van der Waals surface area contributed by atoms with Crippen LogP contribution in [0.4, 0.5) is 0 Å². The summed E-state index contributed by atoms with van der Waals surface area (Å²) in [6, 6.07) is 9.82. The maximum atomic E-state index is 9.10. The molecule has 1 fully saturated rings. The molecule has 0 spiro atoms. The molecule has 1 saturated carbocycles. The van der Waals surface area contributed by atoms with Crippen molar-refractivity contribution in [1.82, 2.24) is 14.9 Å². The molecule has 0 saturated heterocycles. The van der Waals surface area contributed by atoms with Crippen molar-refractivity contribution in [2.24, 2.45) is 11.8 Å². The molecule has 0 aliphatic heterocycles. The van der Waals surface area contributed by atoms with E-state index in [1.165, 1.54) is 18.4 Å². The monoisotopic (exact) mass is 369 g/mol. The van der Waals surface area contributed by atoms with Gasteiger partial charge in [-0.3, -0.25) is 0 Å². The zero-order valence-electron chi connectivity index (χ0n) is 15.0. The van der Waals surface area contributed by atoms with E-state index >= 15 is 0 Å². The SMILES string of the molecule is CC(NC1CC2CC=CC21)c1ccc(-n2ccnc2)cc1.O=C(O)C(=O)O. The molecule has 1 heterocycles. The van der Waals surface area contributed by atoms with Gasteiger partial charge in [-0.15, -0.1) is 0 Å². The molecule has 3 N–H and O–H groups in total. The van der Waals surface area contributed by atoms with E-state index in [2.05, 4.69) is 53.6 Å². The highest BCUT2D eigenvalue weighted by atomic mass is 16.4. The van der Waals surface area contributed by atoms with Crippen molar-refractivity contribution in [3.05, 3.63) is 60.7 Å². The summed E-state index contributed by atoms with van der Waals surface area (Å²) >= 11 is 0. The van der Waals surface area contributed by atoms with E-state index in [9.17, 15) is 0 Å². The average Bonchev–Trinajstić information content (AvgIpc) is 3.30. The van der Waals surface area contributed by atoms with Gasteiger partial charge in [-0.05, 0) is 49.3 Å². The summed E-state index contributed by atoms with van der Waals surface area (Å²) in [5.74, 6) is -1.96. The Morgan fingerprint density at radius 2 is 1.93 bits per heavy atom. The second-order valence-electron chi connectivity index (χ2n) is 6.90. The first-order valence-corrected chi connectivity index (χ1v) is 8.93. The van der Waals surface area contributed by atoms with Gasteiger partial charge in [0.15, 0.2) is 0 Å². The Morgan fingerprint density at radius 1 is 1.22 bits per heavy atom. The highest BCUT2D eigenvalue weighted by molar-refractivity contribution is 6.27. The maximum Gasteiger partial charge on any atom is 0.414 e. The molecule has 2 aromatic rings. The van der Waals surface area contributed by atoms with Gasteiger partial charge in [-0.1, -0.05) is 24.3 Å². The van der Waals surface area contributed by atoms with E-state index in [1.807, 2.05) is 17.1 Å². The van der Waals surface area contributed by atoms with E-state index in [0.29, 0.717) is 12.1 Å². The van der Waals surface area contributed by atoms with Crippen molar-refractivity contribution >= 4 is 11.9 Å². The van der Waals surface area contributed by atoms with Crippen molar-refractivity contribution in [1.29, 1.82) is 0 Å². The number of carboxylic acids is 2. The molecule has 4 unspecified atom stereocenters. The molecule has 0 bridgehead atoms. The molecule has 4 rings (SSSR count). The number of imidazole rings is 1. The predicted molar refractivity (Wildman–Crippen MR) is 99.5 cm³/mol. The second-order valence-corrected chi connectivity index (χ2v) is 6.90. The van der Waals surface area contributed by atoms with Gasteiger partial charge in [0.1, 0.15) is 0 Å². The van der Waals surface area contributed by atoms with Gasteiger partial charge < -0.3 is 20.1 Å². The Hall–Kier alpha value is -2.93. The lowest BCUT2D eigenvalue weighted by atomic mass is 9.71. The first kappa shape index (κ1) is 18.8. The highest BCUT2D eigenvalue weighted by Crippen LogP contribution is 2.43. The van der Waals surface area contributed by atoms with Crippen LogP contribution in [0.5, 0.6) is 0 Å². The summed E-state index contributed by atoms with van der Waals surface area (Å²) in [7, 11) is 0. The standard InChI is InChI=1S/C18H21N3.C2H2O4/c1-13(20-18-11-15-3-2-4-17(15)18)14-5-7-16(8-6-14)21-10-9-19-12-21;3-1(4)2(5)6/h2,4-10,12-13,15,17-18,20H,3,11H2,1H3;(H,3,4)(H,5,6). The number of carboxylic acid groups (broad SMARTS) is 2. The van der Waals surface area contributed by atoms with Crippen molar-refractivity contribution in [3.63, 3.8) is 0 Å². The number of rotatable bonds is 4. The van der Waals surface area contributed by atoms with Gasteiger partial charge in [0.2, 0.25) is 0 Å². The highest BCUT2D eigenvalue weighted by Gasteiger charge is 2.41. The first-order chi connectivity index (χ1) is 13.0. The molecule has 1 aromatic carbocycles. The van der Waals surface area contributed by atoms with E-state index in [1.54, 1.807) is 6.20 Å². The van der Waals surface area contributed by atoms with Gasteiger partial charge in [0, 0.05) is 30.2 Å². The van der Waals surface area contributed by atoms with Crippen LogP contribution < -0.4 is 5.32 Å². The quantitative estimate of drug-likeness (QED) is 0.565. The van der Waals surface area contributed by atoms with Crippen LogP contribution in [0.3, 0.4) is 0 Å². The minimum absolute atomic E-state index is 0.404. The number of nitrogens with zero attached hydrogens (tertiary/aromatic N) is 2. The zero-order valence-corrected chi connectivity index (χ0v) is 15.0. The Bertz CT molecular complexity index is 802. The molecule has 7 nitrogen and oxygen atoms in total. The normalized spacial score (nSPS) is 23.5. The van der Waals surface area contributed by atoms with Crippen LogP contribution in [0, 0.1) is 11.8 Å². The lowest BCUT2D eigenvalue weighted by Gasteiger charge is -2.42. The van der Waals surface area contributed by atoms with E-state index in [4.69, 9.17) is 19.8 Å². The number of nitrogens with one attached hydrogen (secondary N) is 1. The molecule has 2 aliphatic carbocycles. The number of carbonyl (C=O) groups is 2. The molecular formula is C20H23N3O4. The largest absolute Gasteiger partial charge is 0.473 e. The zero-order chi connectivity index (χ0) is 19.4. The number of fused-ring (bicyclic) bond motifs is 1. The molecule has 142 valence electrons. The number of aromatic nitrogens is 2. The van der Waals surface area contributed by atoms with Crippen LogP contribution in [0.2, 0.25) is 0 Å². The fourth-order valence-corrected chi connectivity index (χ4v) is 3.67. The summed E-state index contributed by atoms with van der Waals surface area (Å²) in [5.41, 5.74) is 2.51. The van der Waals surface area contributed by atoms with Crippen LogP contribution in [-0.2, 0) is 9.59 Å². The Labute approximate surface area is 157 Å². The van der Waals surface area contributed by atoms with Crippen molar-refractivity contribution in [2.45, 2.75) is 31.8 Å². The van der Waals surface area contributed by atoms with E-state index in [0.717, 1.165) is 17.5 Å². The molecule has 2 aliphatic rings. The van der Waals surface area contributed by atoms with Crippen LogP contribution in [-0.4, -0.2) is 37.7 Å². The molecule has 0 radical (unpaired) electrons. The number of hydrogen-bond donors (Lipinski definition) is 3. The van der Waals surface area contributed by atoms with Crippen LogP contribution >= 0.6 is 0 Å². The maximum absolute atomic E-state index is 9.10. The fraction of sp³-hybridized carbons (Fsp3) is 0.350. The van der Waals surface area contributed by atoms with Crippen molar-refractivity contribution in [2.75, 3.05) is 0 Å². The summed E-state index contributed by atoms with van der Waals surface area (Å²) < 4.78 is 2.03. The molecule has 4 atom stereocenters. The van der Waals surface area contributed by atoms with Gasteiger partial charge in [-0.2, -0.15) is 0 Å². The smallest absolute Gasteiger partial charge is 0.414 e. The van der Waals surface area contributed by atoms with E-state index in [-0.39, 0.29) is 0 Å². The molecule has 1 aromatic heterocycles. The minimum atomic E-state index is -1.82. The first-order valence-electron chi connectivity index (χ1n) is 8.93. The van der Waals surface area contributed by atoms with Gasteiger partial charge in [0.05, 0.1) is 6.33 Å². The van der Waals surface area contributed by atoms with Gasteiger partial charge in [0.25, 0.3) is 0 Å². The Morgan fingerprint density at radius 3 is 2.48 bits per heavy atom. The van der Waals surface area contributed by atoms with Crippen LogP contribution in [0.25, 0.3) is 5.69 Å². The molecule has 0 amide bonds.